The SMILES string of the molecule is O=C(COc1cccc2ccccc12)N/N=C/c1ccc(OCc2ccc(Br)cc2Br)cc1. The molecule has 0 atom stereocenters. The lowest BCUT2D eigenvalue weighted by molar-refractivity contribution is -0.123. The number of carbonyl (C=O) groups excluding carboxylic acids is 1. The molecule has 0 aliphatic heterocycles. The maximum Gasteiger partial charge on any atom is 0.277 e. The smallest absolute Gasteiger partial charge is 0.277 e. The molecule has 0 aromatic heterocycles. The predicted molar refractivity (Wildman–Crippen MR) is 138 cm³/mol. The van der Waals surface area contributed by atoms with Crippen LogP contribution >= 0.6 is 31.9 Å². The summed E-state index contributed by atoms with van der Waals surface area (Å²) in [5, 5.41) is 6.03. The summed E-state index contributed by atoms with van der Waals surface area (Å²) in [5.74, 6) is 1.08. The van der Waals surface area contributed by atoms with Crippen LogP contribution in [0, 0.1) is 0 Å². The zero-order valence-electron chi connectivity index (χ0n) is 17.5. The molecule has 166 valence electrons. The van der Waals surface area contributed by atoms with Crippen LogP contribution in [-0.2, 0) is 11.4 Å². The first-order chi connectivity index (χ1) is 16.1. The van der Waals surface area contributed by atoms with Gasteiger partial charge in [-0.25, -0.2) is 5.43 Å². The van der Waals surface area contributed by atoms with E-state index < -0.39 is 0 Å². The van der Waals surface area contributed by atoms with E-state index >= 15 is 0 Å². The van der Waals surface area contributed by atoms with Crippen LogP contribution in [0.2, 0.25) is 0 Å². The molecule has 0 aliphatic rings. The molecular formula is C26H20Br2N2O3. The Morgan fingerprint density at radius 1 is 0.909 bits per heavy atom. The Balaban J connectivity index is 1.25. The summed E-state index contributed by atoms with van der Waals surface area (Å²) in [7, 11) is 0. The van der Waals surface area contributed by atoms with E-state index in [1.165, 1.54) is 0 Å². The minimum Gasteiger partial charge on any atom is -0.489 e. The van der Waals surface area contributed by atoms with E-state index in [0.717, 1.165) is 36.6 Å². The second kappa shape index (κ2) is 11.1. The number of amides is 1. The molecule has 0 fully saturated rings. The molecule has 0 saturated carbocycles. The van der Waals surface area contributed by atoms with E-state index in [9.17, 15) is 4.79 Å². The van der Waals surface area contributed by atoms with Crippen molar-refractivity contribution in [2.75, 3.05) is 6.61 Å². The number of carbonyl (C=O) groups is 1. The van der Waals surface area contributed by atoms with Crippen LogP contribution in [-0.4, -0.2) is 18.7 Å². The number of rotatable bonds is 8. The lowest BCUT2D eigenvalue weighted by Crippen LogP contribution is -2.24. The summed E-state index contributed by atoms with van der Waals surface area (Å²) in [4.78, 5) is 12.1. The van der Waals surface area contributed by atoms with E-state index in [1.807, 2.05) is 84.9 Å². The van der Waals surface area contributed by atoms with Crippen LogP contribution in [0.3, 0.4) is 0 Å². The monoisotopic (exact) mass is 566 g/mol. The molecular weight excluding hydrogens is 548 g/mol. The average Bonchev–Trinajstić information content (AvgIpc) is 2.83. The molecule has 0 spiro atoms. The van der Waals surface area contributed by atoms with Gasteiger partial charge in [0.25, 0.3) is 5.91 Å². The van der Waals surface area contributed by atoms with Crippen molar-refractivity contribution in [1.82, 2.24) is 5.43 Å². The van der Waals surface area contributed by atoms with Crippen LogP contribution in [0.15, 0.2) is 99.0 Å². The number of halogens is 2. The zero-order valence-corrected chi connectivity index (χ0v) is 20.7. The van der Waals surface area contributed by atoms with Crippen LogP contribution in [0.1, 0.15) is 11.1 Å². The highest BCUT2D eigenvalue weighted by Crippen LogP contribution is 2.25. The fourth-order valence-corrected chi connectivity index (χ4v) is 4.29. The highest BCUT2D eigenvalue weighted by molar-refractivity contribution is 9.11. The van der Waals surface area contributed by atoms with Gasteiger partial charge in [0.15, 0.2) is 6.61 Å². The van der Waals surface area contributed by atoms with Gasteiger partial charge in [0.2, 0.25) is 0 Å². The molecule has 0 bridgehead atoms. The Kier molecular flexibility index (Phi) is 7.75. The number of nitrogens with one attached hydrogen (secondary N) is 1. The van der Waals surface area contributed by atoms with Gasteiger partial charge in [-0.1, -0.05) is 74.3 Å². The molecule has 0 aliphatic carbocycles. The normalized spacial score (nSPS) is 11.0. The number of benzene rings is 4. The Labute approximate surface area is 208 Å². The molecule has 0 saturated heterocycles. The van der Waals surface area contributed by atoms with Crippen molar-refractivity contribution in [3.8, 4) is 11.5 Å². The molecule has 0 radical (unpaired) electrons. The minimum atomic E-state index is -0.334. The fraction of sp³-hybridized carbons (Fsp3) is 0.0769. The molecule has 4 aromatic carbocycles. The van der Waals surface area contributed by atoms with Crippen molar-refractivity contribution in [3.63, 3.8) is 0 Å². The molecule has 1 amide bonds. The Morgan fingerprint density at radius 2 is 1.70 bits per heavy atom. The van der Waals surface area contributed by atoms with Crippen molar-refractivity contribution >= 4 is 54.8 Å². The van der Waals surface area contributed by atoms with E-state index in [0.29, 0.717) is 12.4 Å². The maximum atomic E-state index is 12.1. The molecule has 5 nitrogen and oxygen atoms in total. The first-order valence-corrected chi connectivity index (χ1v) is 11.8. The number of fused-ring (bicyclic) bond motifs is 1. The fourth-order valence-electron chi connectivity index (χ4n) is 3.13. The third-order valence-corrected chi connectivity index (χ3v) is 6.03. The number of hydrazone groups is 1. The Bertz CT molecular complexity index is 1290. The van der Waals surface area contributed by atoms with Gasteiger partial charge < -0.3 is 9.47 Å². The summed E-state index contributed by atoms with van der Waals surface area (Å²) in [6.45, 7) is 0.331. The van der Waals surface area contributed by atoms with Crippen LogP contribution < -0.4 is 14.9 Å². The van der Waals surface area contributed by atoms with E-state index in [1.54, 1.807) is 6.21 Å². The number of ether oxygens (including phenoxy) is 2. The van der Waals surface area contributed by atoms with Gasteiger partial charge in [-0.2, -0.15) is 5.10 Å². The third-order valence-electron chi connectivity index (χ3n) is 4.80. The first kappa shape index (κ1) is 23.0. The number of nitrogens with zero attached hydrogens (tertiary/aromatic N) is 1. The number of hydrogen-bond donors (Lipinski definition) is 1. The van der Waals surface area contributed by atoms with Crippen molar-refractivity contribution in [3.05, 3.63) is 105 Å². The standard InChI is InChI=1S/C26H20Br2N2O3/c27-21-11-10-20(24(28)14-21)16-32-22-12-8-18(9-13-22)15-29-30-26(31)17-33-25-7-3-5-19-4-1-2-6-23(19)25/h1-15H,16-17H2,(H,30,31)/b29-15+. The van der Waals surface area contributed by atoms with Gasteiger partial charge in [0.05, 0.1) is 6.21 Å². The van der Waals surface area contributed by atoms with Crippen molar-refractivity contribution in [2.24, 2.45) is 5.10 Å². The van der Waals surface area contributed by atoms with Crippen molar-refractivity contribution < 1.29 is 14.3 Å². The summed E-state index contributed by atoms with van der Waals surface area (Å²) >= 11 is 6.98. The largest absolute Gasteiger partial charge is 0.489 e. The summed E-state index contributed by atoms with van der Waals surface area (Å²) < 4.78 is 13.5. The average molecular weight is 568 g/mol. The van der Waals surface area contributed by atoms with Gasteiger partial charge in [-0.05, 0) is 53.4 Å². The van der Waals surface area contributed by atoms with Crippen LogP contribution in [0.4, 0.5) is 0 Å². The van der Waals surface area contributed by atoms with Crippen LogP contribution in [0.5, 0.6) is 11.5 Å². The van der Waals surface area contributed by atoms with Crippen molar-refractivity contribution in [1.29, 1.82) is 0 Å². The number of hydrogen-bond acceptors (Lipinski definition) is 4. The van der Waals surface area contributed by atoms with E-state index in [4.69, 9.17) is 9.47 Å². The second-order valence-electron chi connectivity index (χ2n) is 7.15. The third kappa shape index (κ3) is 6.43. The molecule has 4 rings (SSSR count). The van der Waals surface area contributed by atoms with Gasteiger partial charge in [0, 0.05) is 19.9 Å². The summed E-state index contributed by atoms with van der Waals surface area (Å²) in [5.41, 5.74) is 4.38. The topological polar surface area (TPSA) is 59.9 Å². The highest BCUT2D eigenvalue weighted by atomic mass is 79.9. The molecule has 0 unspecified atom stereocenters. The molecule has 1 N–H and O–H groups in total. The molecule has 7 heteroatoms. The zero-order chi connectivity index (χ0) is 23.0. The van der Waals surface area contributed by atoms with Crippen LogP contribution in [0.25, 0.3) is 10.8 Å². The minimum absolute atomic E-state index is 0.121. The lowest BCUT2D eigenvalue weighted by atomic mass is 10.1. The Hall–Kier alpha value is -3.16. The van der Waals surface area contributed by atoms with Gasteiger partial charge in [-0.3, -0.25) is 4.79 Å². The van der Waals surface area contributed by atoms with Gasteiger partial charge in [0.1, 0.15) is 18.1 Å². The van der Waals surface area contributed by atoms with E-state index in [2.05, 4.69) is 42.4 Å². The highest BCUT2D eigenvalue weighted by Gasteiger charge is 2.05. The molecule has 0 heterocycles. The Morgan fingerprint density at radius 3 is 2.52 bits per heavy atom. The lowest BCUT2D eigenvalue weighted by Gasteiger charge is -2.09. The first-order valence-electron chi connectivity index (χ1n) is 10.2. The maximum absolute atomic E-state index is 12.1. The molecule has 4 aromatic rings. The predicted octanol–water partition coefficient (Wildman–Crippen LogP) is 6.47. The quantitative estimate of drug-likeness (QED) is 0.196. The summed E-state index contributed by atoms with van der Waals surface area (Å²) in [6.07, 6.45) is 1.57. The molecule has 33 heavy (non-hydrogen) atoms. The van der Waals surface area contributed by atoms with E-state index in [-0.39, 0.29) is 12.5 Å². The second-order valence-corrected chi connectivity index (χ2v) is 8.92. The summed E-state index contributed by atoms with van der Waals surface area (Å²) in [6, 6.07) is 27.0. The van der Waals surface area contributed by atoms with Crippen molar-refractivity contribution in [2.45, 2.75) is 6.61 Å². The van der Waals surface area contributed by atoms with Gasteiger partial charge in [-0.15, -0.1) is 0 Å². The van der Waals surface area contributed by atoms with Gasteiger partial charge >= 0.3 is 0 Å².